The zero-order chi connectivity index (χ0) is 12.2. The number of nitrogens with zero attached hydrogens (tertiary/aromatic N) is 2. The lowest BCUT2D eigenvalue weighted by Crippen LogP contribution is -2.28. The molecule has 0 spiro atoms. The SMILES string of the molecule is O=C(NCCC(F)(F)F)c1ccc(Cl)nn1. The van der Waals surface area contributed by atoms with E-state index in [0.29, 0.717) is 0 Å². The van der Waals surface area contributed by atoms with E-state index in [4.69, 9.17) is 11.6 Å². The molecule has 0 aliphatic heterocycles. The topological polar surface area (TPSA) is 54.9 Å². The van der Waals surface area contributed by atoms with Gasteiger partial charge in [-0.25, -0.2) is 0 Å². The molecule has 1 rings (SSSR count). The van der Waals surface area contributed by atoms with Gasteiger partial charge in [0.1, 0.15) is 0 Å². The van der Waals surface area contributed by atoms with E-state index in [1.807, 2.05) is 0 Å². The number of halogens is 4. The average Bonchev–Trinajstić information content (AvgIpc) is 2.16. The number of amides is 1. The Kier molecular flexibility index (Phi) is 4.05. The molecule has 0 unspecified atom stereocenters. The third-order valence-electron chi connectivity index (χ3n) is 1.56. The maximum Gasteiger partial charge on any atom is 0.390 e. The monoisotopic (exact) mass is 253 g/mol. The van der Waals surface area contributed by atoms with Crippen molar-refractivity contribution in [3.63, 3.8) is 0 Å². The van der Waals surface area contributed by atoms with Crippen molar-refractivity contribution in [2.75, 3.05) is 6.54 Å². The molecule has 0 radical (unpaired) electrons. The zero-order valence-electron chi connectivity index (χ0n) is 7.88. The Hall–Kier alpha value is -1.37. The number of hydrogen-bond donors (Lipinski definition) is 1. The summed E-state index contributed by atoms with van der Waals surface area (Å²) in [6.07, 6.45) is -5.38. The van der Waals surface area contributed by atoms with Crippen molar-refractivity contribution in [2.45, 2.75) is 12.6 Å². The summed E-state index contributed by atoms with van der Waals surface area (Å²) in [5.41, 5.74) is -0.0772. The van der Waals surface area contributed by atoms with Gasteiger partial charge in [0.25, 0.3) is 5.91 Å². The van der Waals surface area contributed by atoms with Crippen LogP contribution in [0.5, 0.6) is 0 Å². The molecule has 1 amide bonds. The van der Waals surface area contributed by atoms with E-state index in [9.17, 15) is 18.0 Å². The standard InChI is InChI=1S/C8H7ClF3N3O/c9-6-2-1-5(14-15-6)7(16)13-4-3-8(10,11)12/h1-2H,3-4H2,(H,13,16). The van der Waals surface area contributed by atoms with Gasteiger partial charge < -0.3 is 5.32 Å². The maximum atomic E-state index is 11.8. The number of nitrogens with one attached hydrogen (secondary N) is 1. The number of alkyl halides is 3. The predicted molar refractivity (Wildman–Crippen MR) is 50.0 cm³/mol. The lowest BCUT2D eigenvalue weighted by molar-refractivity contribution is -0.132. The second kappa shape index (κ2) is 5.11. The summed E-state index contributed by atoms with van der Waals surface area (Å²) >= 11 is 5.43. The normalized spacial score (nSPS) is 11.2. The third-order valence-corrected chi connectivity index (χ3v) is 1.76. The van der Waals surface area contributed by atoms with Crippen molar-refractivity contribution in [3.8, 4) is 0 Å². The lowest BCUT2D eigenvalue weighted by atomic mass is 10.3. The Morgan fingerprint density at radius 1 is 1.38 bits per heavy atom. The molecule has 0 saturated heterocycles. The minimum absolute atomic E-state index is 0.0772. The van der Waals surface area contributed by atoms with E-state index in [1.54, 1.807) is 0 Å². The third kappa shape index (κ3) is 4.43. The van der Waals surface area contributed by atoms with Crippen molar-refractivity contribution in [3.05, 3.63) is 23.0 Å². The molecule has 0 aromatic carbocycles. The van der Waals surface area contributed by atoms with Gasteiger partial charge in [-0.05, 0) is 12.1 Å². The van der Waals surface area contributed by atoms with Crippen molar-refractivity contribution in [2.24, 2.45) is 0 Å². The molecule has 0 saturated carbocycles. The van der Waals surface area contributed by atoms with Gasteiger partial charge in [0.2, 0.25) is 0 Å². The number of rotatable bonds is 3. The second-order valence-corrected chi connectivity index (χ2v) is 3.25. The summed E-state index contributed by atoms with van der Waals surface area (Å²) in [7, 11) is 0. The van der Waals surface area contributed by atoms with Gasteiger partial charge in [0, 0.05) is 6.54 Å². The fourth-order valence-corrected chi connectivity index (χ4v) is 0.946. The fraction of sp³-hybridized carbons (Fsp3) is 0.375. The summed E-state index contributed by atoms with van der Waals surface area (Å²) in [4.78, 5) is 11.2. The van der Waals surface area contributed by atoms with Crippen LogP contribution < -0.4 is 5.32 Å². The molecule has 1 heterocycles. The molecule has 0 bridgehead atoms. The molecule has 88 valence electrons. The molecule has 16 heavy (non-hydrogen) atoms. The molecule has 1 aromatic rings. The van der Waals surface area contributed by atoms with Crippen molar-refractivity contribution in [1.82, 2.24) is 15.5 Å². The van der Waals surface area contributed by atoms with Crippen molar-refractivity contribution >= 4 is 17.5 Å². The molecular formula is C8H7ClF3N3O. The van der Waals surface area contributed by atoms with Crippen LogP contribution in [0.3, 0.4) is 0 Å². The first-order valence-electron chi connectivity index (χ1n) is 4.23. The Labute approximate surface area is 93.8 Å². The van der Waals surface area contributed by atoms with Crippen LogP contribution in [0.4, 0.5) is 13.2 Å². The van der Waals surface area contributed by atoms with Crippen LogP contribution in [0, 0.1) is 0 Å². The number of aromatic nitrogens is 2. The van der Waals surface area contributed by atoms with Gasteiger partial charge in [0.15, 0.2) is 10.8 Å². The average molecular weight is 254 g/mol. The van der Waals surface area contributed by atoms with Crippen LogP contribution in [-0.2, 0) is 0 Å². The first-order chi connectivity index (χ1) is 7.38. The summed E-state index contributed by atoms with van der Waals surface area (Å²) in [6.45, 7) is -0.493. The van der Waals surface area contributed by atoms with Gasteiger partial charge in [-0.2, -0.15) is 13.2 Å². The molecule has 0 atom stereocenters. The van der Waals surface area contributed by atoms with Gasteiger partial charge in [-0.3, -0.25) is 4.79 Å². The van der Waals surface area contributed by atoms with Crippen LogP contribution in [0.1, 0.15) is 16.9 Å². The molecule has 8 heteroatoms. The molecule has 1 aromatic heterocycles. The number of carbonyl (C=O) groups is 1. The zero-order valence-corrected chi connectivity index (χ0v) is 8.64. The van der Waals surface area contributed by atoms with E-state index < -0.39 is 25.0 Å². The van der Waals surface area contributed by atoms with Crippen molar-refractivity contribution in [1.29, 1.82) is 0 Å². The Bertz CT molecular complexity index is 366. The second-order valence-electron chi connectivity index (χ2n) is 2.86. The van der Waals surface area contributed by atoms with E-state index in [2.05, 4.69) is 15.5 Å². The summed E-state index contributed by atoms with van der Waals surface area (Å²) < 4.78 is 35.3. The van der Waals surface area contributed by atoms with E-state index >= 15 is 0 Å². The van der Waals surface area contributed by atoms with Crippen LogP contribution in [0.2, 0.25) is 5.15 Å². The highest BCUT2D eigenvalue weighted by Gasteiger charge is 2.26. The first kappa shape index (κ1) is 12.7. The van der Waals surface area contributed by atoms with Crippen molar-refractivity contribution < 1.29 is 18.0 Å². The van der Waals surface area contributed by atoms with E-state index in [-0.39, 0.29) is 10.8 Å². The quantitative estimate of drug-likeness (QED) is 0.894. The highest BCUT2D eigenvalue weighted by molar-refractivity contribution is 6.29. The van der Waals surface area contributed by atoms with Gasteiger partial charge in [-0.15, -0.1) is 10.2 Å². The van der Waals surface area contributed by atoms with E-state index in [0.717, 1.165) is 0 Å². The number of carbonyl (C=O) groups excluding carboxylic acids is 1. The van der Waals surface area contributed by atoms with Crippen LogP contribution >= 0.6 is 11.6 Å². The maximum absolute atomic E-state index is 11.8. The van der Waals surface area contributed by atoms with Gasteiger partial charge in [-0.1, -0.05) is 11.6 Å². The lowest BCUT2D eigenvalue weighted by Gasteiger charge is -2.06. The minimum Gasteiger partial charge on any atom is -0.350 e. The minimum atomic E-state index is -4.29. The Balaban J connectivity index is 2.44. The fourth-order valence-electron chi connectivity index (χ4n) is 0.845. The van der Waals surface area contributed by atoms with Crippen LogP contribution in [0.25, 0.3) is 0 Å². The number of hydrogen-bond acceptors (Lipinski definition) is 3. The Morgan fingerprint density at radius 3 is 2.56 bits per heavy atom. The largest absolute Gasteiger partial charge is 0.390 e. The molecule has 0 aliphatic carbocycles. The van der Waals surface area contributed by atoms with Gasteiger partial charge >= 0.3 is 6.18 Å². The molecule has 0 fully saturated rings. The summed E-state index contributed by atoms with van der Waals surface area (Å²) in [6, 6.07) is 2.60. The highest BCUT2D eigenvalue weighted by Crippen LogP contribution is 2.18. The van der Waals surface area contributed by atoms with Crippen LogP contribution in [0.15, 0.2) is 12.1 Å². The van der Waals surface area contributed by atoms with Gasteiger partial charge in [0.05, 0.1) is 6.42 Å². The smallest absolute Gasteiger partial charge is 0.350 e. The molecule has 1 N–H and O–H groups in total. The van der Waals surface area contributed by atoms with Crippen LogP contribution in [-0.4, -0.2) is 28.8 Å². The molecule has 0 aliphatic rings. The molecular weight excluding hydrogens is 247 g/mol. The first-order valence-corrected chi connectivity index (χ1v) is 4.60. The highest BCUT2D eigenvalue weighted by atomic mass is 35.5. The predicted octanol–water partition coefficient (Wildman–Crippen LogP) is 1.81. The summed E-state index contributed by atoms with van der Waals surface area (Å²) in [5.74, 6) is -0.714. The Morgan fingerprint density at radius 2 is 2.06 bits per heavy atom. The molecule has 4 nitrogen and oxygen atoms in total. The summed E-state index contributed by atoms with van der Waals surface area (Å²) in [5, 5.41) is 8.98. The van der Waals surface area contributed by atoms with E-state index in [1.165, 1.54) is 12.1 Å².